The second kappa shape index (κ2) is 11.1. The minimum absolute atomic E-state index is 0.244. The molecule has 0 aliphatic carbocycles. The Hall–Kier alpha value is -2.22. The van der Waals surface area contributed by atoms with E-state index in [0.717, 1.165) is 45.6 Å². The first-order chi connectivity index (χ1) is 14.1. The number of hydrogen-bond acceptors (Lipinski definition) is 5. The number of aryl methyl sites for hydroxylation is 1. The van der Waals surface area contributed by atoms with Crippen LogP contribution < -0.4 is 10.6 Å². The number of nitrogens with zero attached hydrogens (tertiary/aromatic N) is 2. The standard InChI is InChI=1S/C22H30N4O2S/c1-18-6-2-3-7-19(18)16-25-11-5-12-26(14-13-25)17-21(27)24-22(28)23-10-9-20-8-4-15-29-20/h2-4,6-8,15H,5,9-14,16-17H2,1H3,(H2,23,24,27,28). The number of carbonyl (C=O) groups excluding carboxylic acids is 2. The first-order valence-electron chi connectivity index (χ1n) is 10.2. The van der Waals surface area contributed by atoms with E-state index in [0.29, 0.717) is 6.54 Å². The highest BCUT2D eigenvalue weighted by atomic mass is 32.1. The lowest BCUT2D eigenvalue weighted by Gasteiger charge is -2.22. The van der Waals surface area contributed by atoms with Crippen molar-refractivity contribution in [3.8, 4) is 0 Å². The summed E-state index contributed by atoms with van der Waals surface area (Å²) < 4.78 is 0. The largest absolute Gasteiger partial charge is 0.337 e. The van der Waals surface area contributed by atoms with Crippen LogP contribution in [-0.2, 0) is 17.8 Å². The number of urea groups is 1. The van der Waals surface area contributed by atoms with Crippen molar-refractivity contribution in [2.45, 2.75) is 26.3 Å². The highest BCUT2D eigenvalue weighted by Gasteiger charge is 2.18. The minimum atomic E-state index is -0.414. The Kier molecular flexibility index (Phi) is 8.22. The van der Waals surface area contributed by atoms with Crippen LogP contribution in [0.3, 0.4) is 0 Å². The molecule has 2 aromatic rings. The van der Waals surface area contributed by atoms with Gasteiger partial charge in [-0.25, -0.2) is 4.79 Å². The van der Waals surface area contributed by atoms with Gasteiger partial charge in [0, 0.05) is 31.1 Å². The van der Waals surface area contributed by atoms with E-state index in [4.69, 9.17) is 0 Å². The second-order valence-corrected chi connectivity index (χ2v) is 8.50. The molecule has 1 aromatic carbocycles. The predicted molar refractivity (Wildman–Crippen MR) is 117 cm³/mol. The molecule has 7 heteroatoms. The lowest BCUT2D eigenvalue weighted by Crippen LogP contribution is -2.45. The summed E-state index contributed by atoms with van der Waals surface area (Å²) in [4.78, 5) is 29.9. The maximum Gasteiger partial charge on any atom is 0.321 e. The van der Waals surface area contributed by atoms with Crippen LogP contribution in [0.15, 0.2) is 41.8 Å². The summed E-state index contributed by atoms with van der Waals surface area (Å²) in [5, 5.41) is 7.21. The van der Waals surface area contributed by atoms with E-state index in [1.807, 2.05) is 17.5 Å². The molecule has 2 heterocycles. The molecule has 2 N–H and O–H groups in total. The van der Waals surface area contributed by atoms with Gasteiger partial charge in [0.25, 0.3) is 0 Å². The van der Waals surface area contributed by atoms with Crippen molar-refractivity contribution in [3.05, 3.63) is 57.8 Å². The van der Waals surface area contributed by atoms with Crippen LogP contribution in [0.1, 0.15) is 22.4 Å². The van der Waals surface area contributed by atoms with E-state index in [2.05, 4.69) is 51.6 Å². The third-order valence-corrected chi connectivity index (χ3v) is 6.13. The molecule has 156 valence electrons. The summed E-state index contributed by atoms with van der Waals surface area (Å²) in [5.74, 6) is -0.244. The van der Waals surface area contributed by atoms with E-state index in [1.165, 1.54) is 16.0 Å². The second-order valence-electron chi connectivity index (χ2n) is 7.47. The van der Waals surface area contributed by atoms with Gasteiger partial charge in [-0.1, -0.05) is 30.3 Å². The molecule has 6 nitrogen and oxygen atoms in total. The van der Waals surface area contributed by atoms with Gasteiger partial charge in [-0.2, -0.15) is 0 Å². The van der Waals surface area contributed by atoms with Gasteiger partial charge in [0.15, 0.2) is 0 Å². The Bertz CT molecular complexity index is 794. The Morgan fingerprint density at radius 1 is 1.03 bits per heavy atom. The first kappa shape index (κ1) is 21.5. The molecule has 0 bridgehead atoms. The fourth-order valence-corrected chi connectivity index (χ4v) is 4.25. The van der Waals surface area contributed by atoms with Crippen molar-refractivity contribution in [1.29, 1.82) is 0 Å². The molecule has 1 saturated heterocycles. The Morgan fingerprint density at radius 2 is 1.83 bits per heavy atom. The van der Waals surface area contributed by atoms with Crippen LogP contribution in [0.25, 0.3) is 0 Å². The maximum absolute atomic E-state index is 12.2. The molecule has 1 aromatic heterocycles. The molecular weight excluding hydrogens is 384 g/mol. The summed E-state index contributed by atoms with van der Waals surface area (Å²) in [6.07, 6.45) is 1.80. The summed E-state index contributed by atoms with van der Waals surface area (Å²) in [5.41, 5.74) is 2.68. The number of benzene rings is 1. The highest BCUT2D eigenvalue weighted by molar-refractivity contribution is 7.09. The maximum atomic E-state index is 12.2. The Labute approximate surface area is 176 Å². The molecule has 29 heavy (non-hydrogen) atoms. The van der Waals surface area contributed by atoms with E-state index >= 15 is 0 Å². The van der Waals surface area contributed by atoms with Gasteiger partial charge in [-0.3, -0.25) is 19.9 Å². The van der Waals surface area contributed by atoms with Crippen LogP contribution in [0, 0.1) is 6.92 Å². The predicted octanol–water partition coefficient (Wildman–Crippen LogP) is 2.63. The van der Waals surface area contributed by atoms with E-state index in [1.54, 1.807) is 11.3 Å². The van der Waals surface area contributed by atoms with Gasteiger partial charge in [-0.05, 0) is 55.4 Å². The lowest BCUT2D eigenvalue weighted by atomic mass is 10.1. The number of rotatable bonds is 7. The van der Waals surface area contributed by atoms with Crippen LogP contribution >= 0.6 is 11.3 Å². The molecule has 0 saturated carbocycles. The minimum Gasteiger partial charge on any atom is -0.337 e. The molecule has 0 radical (unpaired) electrons. The summed E-state index contributed by atoms with van der Waals surface area (Å²) in [7, 11) is 0. The molecule has 3 rings (SSSR count). The highest BCUT2D eigenvalue weighted by Crippen LogP contribution is 2.12. The fraction of sp³-hybridized carbons (Fsp3) is 0.455. The van der Waals surface area contributed by atoms with Crippen LogP contribution in [-0.4, -0.2) is 61.0 Å². The first-order valence-corrected chi connectivity index (χ1v) is 11.1. The molecule has 1 aliphatic rings. The summed E-state index contributed by atoms with van der Waals surface area (Å²) >= 11 is 1.67. The summed E-state index contributed by atoms with van der Waals surface area (Å²) in [6.45, 7) is 7.53. The van der Waals surface area contributed by atoms with Crippen molar-refractivity contribution >= 4 is 23.3 Å². The zero-order chi connectivity index (χ0) is 20.5. The normalized spacial score (nSPS) is 15.6. The Morgan fingerprint density at radius 3 is 2.62 bits per heavy atom. The monoisotopic (exact) mass is 414 g/mol. The van der Waals surface area contributed by atoms with Crippen molar-refractivity contribution in [2.75, 3.05) is 39.3 Å². The molecular formula is C22H30N4O2S. The molecule has 0 spiro atoms. The van der Waals surface area contributed by atoms with Gasteiger partial charge in [-0.15, -0.1) is 11.3 Å². The zero-order valence-electron chi connectivity index (χ0n) is 17.0. The quantitative estimate of drug-likeness (QED) is 0.731. The SMILES string of the molecule is Cc1ccccc1CN1CCCN(CC(=O)NC(=O)NCCc2cccs2)CC1. The van der Waals surface area contributed by atoms with Gasteiger partial charge in [0.2, 0.25) is 5.91 Å². The molecule has 1 aliphatic heterocycles. The lowest BCUT2D eigenvalue weighted by molar-refractivity contribution is -0.121. The molecule has 0 unspecified atom stereocenters. The van der Waals surface area contributed by atoms with Crippen LogP contribution in [0.5, 0.6) is 0 Å². The average Bonchev–Trinajstić information content (AvgIpc) is 3.11. The van der Waals surface area contributed by atoms with E-state index in [9.17, 15) is 9.59 Å². The van der Waals surface area contributed by atoms with Gasteiger partial charge in [0.1, 0.15) is 0 Å². The number of amides is 3. The van der Waals surface area contributed by atoms with Crippen molar-refractivity contribution in [2.24, 2.45) is 0 Å². The van der Waals surface area contributed by atoms with Crippen LogP contribution in [0.2, 0.25) is 0 Å². The average molecular weight is 415 g/mol. The molecule has 0 atom stereocenters. The van der Waals surface area contributed by atoms with Crippen LogP contribution in [0.4, 0.5) is 4.79 Å². The zero-order valence-corrected chi connectivity index (χ0v) is 17.8. The third-order valence-electron chi connectivity index (χ3n) is 5.19. The van der Waals surface area contributed by atoms with Gasteiger partial charge < -0.3 is 5.32 Å². The number of hydrogen-bond donors (Lipinski definition) is 2. The number of carbonyl (C=O) groups is 2. The molecule has 1 fully saturated rings. The topological polar surface area (TPSA) is 64.7 Å². The number of thiophene rings is 1. The van der Waals surface area contributed by atoms with Crippen molar-refractivity contribution < 1.29 is 9.59 Å². The summed E-state index contributed by atoms with van der Waals surface area (Å²) in [6, 6.07) is 12.1. The fourth-order valence-electron chi connectivity index (χ4n) is 3.54. The third kappa shape index (κ3) is 7.27. The number of imide groups is 1. The van der Waals surface area contributed by atoms with Crippen molar-refractivity contribution in [1.82, 2.24) is 20.4 Å². The van der Waals surface area contributed by atoms with Crippen molar-refractivity contribution in [3.63, 3.8) is 0 Å². The smallest absolute Gasteiger partial charge is 0.321 e. The van der Waals surface area contributed by atoms with Gasteiger partial charge in [0.05, 0.1) is 6.54 Å². The molecule has 3 amide bonds. The Balaban J connectivity index is 1.36. The van der Waals surface area contributed by atoms with E-state index in [-0.39, 0.29) is 12.5 Å². The van der Waals surface area contributed by atoms with E-state index < -0.39 is 6.03 Å². The van der Waals surface area contributed by atoms with Gasteiger partial charge >= 0.3 is 6.03 Å². The number of nitrogens with one attached hydrogen (secondary N) is 2.